The van der Waals surface area contributed by atoms with E-state index in [0.717, 1.165) is 5.92 Å². The molecule has 2 heterocycles. The lowest BCUT2D eigenvalue weighted by Gasteiger charge is -2.35. The van der Waals surface area contributed by atoms with Gasteiger partial charge in [-0.3, -0.25) is 0 Å². The molecule has 39 heavy (non-hydrogen) atoms. The molecule has 1 aliphatic heterocycles. The van der Waals surface area contributed by atoms with E-state index in [1.54, 1.807) is 34.8 Å². The Hall–Kier alpha value is -3.63. The molecule has 1 aromatic heterocycles. The van der Waals surface area contributed by atoms with Crippen LogP contribution in [0.2, 0.25) is 0 Å². The van der Waals surface area contributed by atoms with Gasteiger partial charge < -0.3 is 15.2 Å². The zero-order valence-electron chi connectivity index (χ0n) is 23.8. The summed E-state index contributed by atoms with van der Waals surface area (Å²) in [6, 6.07) is 28.6. The molecule has 4 heteroatoms. The summed E-state index contributed by atoms with van der Waals surface area (Å²) in [4.78, 5) is 6.48. The van der Waals surface area contributed by atoms with E-state index in [2.05, 4.69) is 84.2 Å². The van der Waals surface area contributed by atoms with Gasteiger partial charge in [0.1, 0.15) is 5.82 Å². The molecule has 1 atom stereocenters. The van der Waals surface area contributed by atoms with E-state index in [9.17, 15) is 0 Å². The number of aromatic nitrogens is 2. The number of anilines is 1. The molecule has 2 aliphatic rings. The molecule has 0 radical (unpaired) electrons. The fraction of sp³-hybridized carbons (Fsp3) is 0.343. The Morgan fingerprint density at radius 3 is 1.90 bits per heavy atom. The Bertz CT molecular complexity index is 1250. The second-order valence-electron chi connectivity index (χ2n) is 10.4. The lowest BCUT2D eigenvalue weighted by Crippen LogP contribution is -2.33. The molecule has 4 nitrogen and oxygen atoms in total. The van der Waals surface area contributed by atoms with Crippen LogP contribution in [0.25, 0.3) is 0 Å². The third-order valence-electron chi connectivity index (χ3n) is 7.99. The first kappa shape index (κ1) is 28.4. The number of rotatable bonds is 4. The van der Waals surface area contributed by atoms with Crippen molar-refractivity contribution in [1.29, 1.82) is 0 Å². The van der Waals surface area contributed by atoms with Crippen molar-refractivity contribution in [3.05, 3.63) is 132 Å². The van der Waals surface area contributed by atoms with Crippen molar-refractivity contribution in [3.8, 4) is 0 Å². The van der Waals surface area contributed by atoms with E-state index in [0.29, 0.717) is 11.7 Å². The Balaban J connectivity index is 0.000000182. The summed E-state index contributed by atoms with van der Waals surface area (Å²) < 4.78 is 1.94. The van der Waals surface area contributed by atoms with Gasteiger partial charge in [-0.25, -0.2) is 4.98 Å². The van der Waals surface area contributed by atoms with Gasteiger partial charge in [0, 0.05) is 12.1 Å². The second kappa shape index (κ2) is 14.0. The molecule has 0 spiro atoms. The molecule has 3 aromatic carbocycles. The van der Waals surface area contributed by atoms with E-state index in [4.69, 9.17) is 5.73 Å². The lowest BCUT2D eigenvalue weighted by atomic mass is 9.75. The average molecular weight is 521 g/mol. The first-order valence-corrected chi connectivity index (χ1v) is 14.4. The Labute approximate surface area is 235 Å². The summed E-state index contributed by atoms with van der Waals surface area (Å²) in [5.74, 6) is 1.91. The van der Waals surface area contributed by atoms with Gasteiger partial charge in [-0.1, -0.05) is 98.8 Å². The van der Waals surface area contributed by atoms with Crippen molar-refractivity contribution >= 4 is 5.82 Å². The van der Waals surface area contributed by atoms with Crippen molar-refractivity contribution < 1.29 is 0 Å². The molecule has 0 saturated carbocycles. The Morgan fingerprint density at radius 1 is 0.846 bits per heavy atom. The normalized spacial score (nSPS) is 16.3. The highest BCUT2D eigenvalue weighted by Gasteiger charge is 2.31. The number of nitrogens with two attached hydrogens (primary N) is 1. The van der Waals surface area contributed by atoms with Crippen LogP contribution in [0.5, 0.6) is 0 Å². The molecule has 0 amide bonds. The fourth-order valence-corrected chi connectivity index (χ4v) is 6.02. The van der Waals surface area contributed by atoms with Crippen LogP contribution in [0.4, 0.5) is 5.82 Å². The molecule has 1 saturated heterocycles. The molecular weight excluding hydrogens is 476 g/mol. The van der Waals surface area contributed by atoms with Crippen LogP contribution in [-0.2, 0) is 12.8 Å². The largest absolute Gasteiger partial charge is 0.382 e. The number of fused-ring (bicyclic) bond motifs is 2. The maximum atomic E-state index is 5.58. The number of hydrogen-bond donors (Lipinski definition) is 1. The number of nitrogens with zero attached hydrogens (tertiary/aromatic N) is 3. The van der Waals surface area contributed by atoms with Crippen LogP contribution in [-0.4, -0.2) is 34.6 Å². The minimum Gasteiger partial charge on any atom is -0.382 e. The van der Waals surface area contributed by atoms with Crippen LogP contribution < -0.4 is 5.73 Å². The quantitative estimate of drug-likeness (QED) is 0.283. The number of imidazole rings is 1. The second-order valence-corrected chi connectivity index (χ2v) is 10.4. The number of aryl methyl sites for hydroxylation is 2. The van der Waals surface area contributed by atoms with Crippen molar-refractivity contribution in [3.63, 3.8) is 0 Å². The minimum absolute atomic E-state index is 0.0935. The number of likely N-dealkylation sites (tertiary alicyclic amines) is 1. The number of piperidine rings is 1. The SMILES string of the molecule is C=CC(c1ccccc1)n1cnc(N)c1.CC.CN1CCC(C2c3ccccc3CCc3ccccc32)CC1. The summed E-state index contributed by atoms with van der Waals surface area (Å²) in [6.07, 6.45) is 10.4. The summed E-state index contributed by atoms with van der Waals surface area (Å²) in [5, 5.41) is 0. The van der Waals surface area contributed by atoms with E-state index in [1.807, 2.05) is 42.7 Å². The number of nitrogen functional groups attached to an aromatic ring is 1. The summed E-state index contributed by atoms with van der Waals surface area (Å²) in [5.41, 5.74) is 13.1. The number of allylic oxidation sites excluding steroid dienone is 1. The lowest BCUT2D eigenvalue weighted by molar-refractivity contribution is 0.207. The fourth-order valence-electron chi connectivity index (χ4n) is 6.02. The van der Waals surface area contributed by atoms with Crippen LogP contribution in [0.15, 0.2) is 104 Å². The molecular formula is C35H44N4. The van der Waals surface area contributed by atoms with Crippen LogP contribution in [0.3, 0.4) is 0 Å². The summed E-state index contributed by atoms with van der Waals surface area (Å²) >= 11 is 0. The molecule has 1 unspecified atom stereocenters. The van der Waals surface area contributed by atoms with Gasteiger partial charge in [0.25, 0.3) is 0 Å². The molecule has 0 bridgehead atoms. The predicted molar refractivity (Wildman–Crippen MR) is 165 cm³/mol. The molecule has 2 N–H and O–H groups in total. The topological polar surface area (TPSA) is 47.1 Å². The smallest absolute Gasteiger partial charge is 0.141 e. The van der Waals surface area contributed by atoms with E-state index >= 15 is 0 Å². The minimum atomic E-state index is 0.0935. The van der Waals surface area contributed by atoms with Gasteiger partial charge in [0.2, 0.25) is 0 Å². The highest BCUT2D eigenvalue weighted by atomic mass is 15.1. The standard InChI is InChI=1S/C21H25N.C12H13N3.C2H6/c1-22-14-12-18(13-15-22)21-19-8-4-2-6-16(19)10-11-17-7-3-5-9-20(17)21;1-2-11(10-6-4-3-5-7-10)15-8-12(13)14-9-15;1-2/h2-9,18,21H,10-15H2,1H3;2-9,11H,1,13H2;1-2H3. The van der Waals surface area contributed by atoms with Gasteiger partial charge in [0.15, 0.2) is 0 Å². The number of benzene rings is 3. The zero-order chi connectivity index (χ0) is 27.6. The maximum Gasteiger partial charge on any atom is 0.141 e. The van der Waals surface area contributed by atoms with Crippen molar-refractivity contribution in [2.75, 3.05) is 25.9 Å². The molecule has 1 aliphatic carbocycles. The zero-order valence-corrected chi connectivity index (χ0v) is 23.8. The predicted octanol–water partition coefficient (Wildman–Crippen LogP) is 7.53. The highest BCUT2D eigenvalue weighted by Crippen LogP contribution is 2.42. The highest BCUT2D eigenvalue weighted by molar-refractivity contribution is 5.45. The van der Waals surface area contributed by atoms with Crippen molar-refractivity contribution in [1.82, 2.24) is 14.5 Å². The van der Waals surface area contributed by atoms with Gasteiger partial charge in [-0.2, -0.15) is 0 Å². The van der Waals surface area contributed by atoms with Gasteiger partial charge in [-0.05, 0) is 79.6 Å². The third-order valence-corrected chi connectivity index (χ3v) is 7.99. The van der Waals surface area contributed by atoms with Crippen LogP contribution >= 0.6 is 0 Å². The first-order valence-electron chi connectivity index (χ1n) is 14.4. The average Bonchev–Trinajstić information content (AvgIpc) is 3.34. The molecule has 6 rings (SSSR count). The van der Waals surface area contributed by atoms with Gasteiger partial charge in [-0.15, -0.1) is 6.58 Å². The number of hydrogen-bond acceptors (Lipinski definition) is 3. The monoisotopic (exact) mass is 520 g/mol. The Morgan fingerprint density at radius 2 is 1.38 bits per heavy atom. The van der Waals surface area contributed by atoms with Crippen molar-refractivity contribution in [2.45, 2.75) is 51.5 Å². The maximum absolute atomic E-state index is 5.58. The summed E-state index contributed by atoms with van der Waals surface area (Å²) in [6.45, 7) is 10.3. The van der Waals surface area contributed by atoms with Gasteiger partial charge in [0.05, 0.1) is 12.4 Å². The third kappa shape index (κ3) is 6.88. The molecule has 4 aromatic rings. The Kier molecular flexibility index (Phi) is 10.2. The van der Waals surface area contributed by atoms with Gasteiger partial charge >= 0.3 is 0 Å². The summed E-state index contributed by atoms with van der Waals surface area (Å²) in [7, 11) is 2.26. The first-order chi connectivity index (χ1) is 19.1. The van der Waals surface area contributed by atoms with E-state index in [1.165, 1.54) is 44.3 Å². The van der Waals surface area contributed by atoms with Crippen LogP contribution in [0.1, 0.15) is 66.5 Å². The van der Waals surface area contributed by atoms with E-state index in [-0.39, 0.29) is 6.04 Å². The molecule has 1 fully saturated rings. The van der Waals surface area contributed by atoms with Crippen LogP contribution in [0, 0.1) is 5.92 Å². The molecule has 204 valence electrons. The van der Waals surface area contributed by atoms with Crippen molar-refractivity contribution in [2.24, 2.45) is 5.92 Å². The van der Waals surface area contributed by atoms with E-state index < -0.39 is 0 Å².